The number of carbonyl (C=O) groups is 3. The van der Waals surface area contributed by atoms with Crippen LogP contribution >= 0.6 is 0 Å². The first-order valence-corrected chi connectivity index (χ1v) is 9.77. The lowest BCUT2D eigenvalue weighted by Gasteiger charge is -2.32. The molecular formula is C21H23N5O4. The summed E-state index contributed by atoms with van der Waals surface area (Å²) in [4.78, 5) is 44.8. The Morgan fingerprint density at radius 1 is 1.20 bits per heavy atom. The number of anilines is 2. The summed E-state index contributed by atoms with van der Waals surface area (Å²) < 4.78 is 5.20. The van der Waals surface area contributed by atoms with Gasteiger partial charge in [0.25, 0.3) is 11.8 Å². The number of amides is 3. The van der Waals surface area contributed by atoms with Gasteiger partial charge in [0.05, 0.1) is 12.0 Å². The van der Waals surface area contributed by atoms with Gasteiger partial charge in [-0.2, -0.15) is 0 Å². The maximum Gasteiger partial charge on any atom is 0.262 e. The lowest BCUT2D eigenvalue weighted by atomic mass is 10.1. The highest BCUT2D eigenvalue weighted by molar-refractivity contribution is 6.05. The van der Waals surface area contributed by atoms with Gasteiger partial charge in [0, 0.05) is 38.1 Å². The molecule has 0 unspecified atom stereocenters. The minimum absolute atomic E-state index is 0.0844. The van der Waals surface area contributed by atoms with Crippen LogP contribution in [0, 0.1) is 0 Å². The van der Waals surface area contributed by atoms with E-state index in [0.717, 1.165) is 31.7 Å². The van der Waals surface area contributed by atoms with Gasteiger partial charge in [-0.1, -0.05) is 12.1 Å². The first-order chi connectivity index (χ1) is 14.5. The Balaban J connectivity index is 1.40. The van der Waals surface area contributed by atoms with Gasteiger partial charge in [0.2, 0.25) is 11.8 Å². The maximum atomic E-state index is 12.6. The number of fused-ring (bicyclic) bond motifs is 1. The topological polar surface area (TPSA) is 104 Å². The Morgan fingerprint density at radius 3 is 2.80 bits per heavy atom. The molecule has 0 atom stereocenters. The number of likely N-dealkylation sites (N-methyl/N-ethyl adjacent to an activating group) is 1. The van der Waals surface area contributed by atoms with Gasteiger partial charge < -0.3 is 25.2 Å². The molecule has 1 saturated heterocycles. The number of hydrogen-bond donors (Lipinski definition) is 2. The van der Waals surface area contributed by atoms with Crippen LogP contribution in [-0.2, 0) is 16.0 Å². The number of aromatic nitrogens is 1. The Bertz CT molecular complexity index is 985. The van der Waals surface area contributed by atoms with Crippen molar-refractivity contribution in [1.29, 1.82) is 0 Å². The zero-order valence-electron chi connectivity index (χ0n) is 16.7. The van der Waals surface area contributed by atoms with Crippen molar-refractivity contribution in [3.8, 4) is 5.88 Å². The van der Waals surface area contributed by atoms with Crippen molar-refractivity contribution in [2.75, 3.05) is 50.5 Å². The average Bonchev–Trinajstić information content (AvgIpc) is 2.74. The predicted octanol–water partition coefficient (Wildman–Crippen LogP) is 0.981. The predicted molar refractivity (Wildman–Crippen MR) is 111 cm³/mol. The molecule has 2 aromatic rings. The number of nitrogens with one attached hydrogen (secondary N) is 2. The van der Waals surface area contributed by atoms with Crippen LogP contribution in [0.2, 0.25) is 0 Å². The third kappa shape index (κ3) is 4.57. The van der Waals surface area contributed by atoms with Crippen molar-refractivity contribution in [3.63, 3.8) is 0 Å². The molecule has 9 heteroatoms. The Hall–Kier alpha value is -3.46. The van der Waals surface area contributed by atoms with Gasteiger partial charge in [-0.25, -0.2) is 4.98 Å². The lowest BCUT2D eigenvalue weighted by Crippen LogP contribution is -2.47. The van der Waals surface area contributed by atoms with Gasteiger partial charge in [-0.3, -0.25) is 14.4 Å². The molecule has 3 amide bonds. The number of carbonyl (C=O) groups excluding carboxylic acids is 3. The second-order valence-corrected chi connectivity index (χ2v) is 7.43. The number of pyridine rings is 1. The quantitative estimate of drug-likeness (QED) is 0.780. The minimum Gasteiger partial charge on any atom is -0.466 e. The van der Waals surface area contributed by atoms with Gasteiger partial charge in [-0.05, 0) is 30.8 Å². The molecule has 0 radical (unpaired) electrons. The van der Waals surface area contributed by atoms with Crippen molar-refractivity contribution in [2.24, 2.45) is 0 Å². The van der Waals surface area contributed by atoms with Crippen LogP contribution in [0.3, 0.4) is 0 Å². The van der Waals surface area contributed by atoms with Crippen LogP contribution in [0.4, 0.5) is 11.4 Å². The second-order valence-electron chi connectivity index (χ2n) is 7.43. The standard InChI is InChI=1S/C21H23N5O4/c1-25-5-7-26(8-6-25)19(28)10-14-3-2-4-16(9-14)23-20(29)15-11-17-21(22-12-15)30-13-18(27)24-17/h2-4,9,11-12H,5-8,10,13H2,1H3,(H,23,29)(H,24,27). The second kappa shape index (κ2) is 8.50. The SMILES string of the molecule is CN1CCN(C(=O)Cc2cccc(NC(=O)c3cnc4c(c3)NC(=O)CO4)c2)CC1. The van der Waals surface area contributed by atoms with E-state index in [4.69, 9.17) is 4.74 Å². The normalized spacial score (nSPS) is 16.3. The van der Waals surface area contributed by atoms with E-state index in [1.807, 2.05) is 18.0 Å². The molecule has 1 fully saturated rings. The highest BCUT2D eigenvalue weighted by Gasteiger charge is 2.21. The van der Waals surface area contributed by atoms with Gasteiger partial charge in [0.1, 0.15) is 5.69 Å². The minimum atomic E-state index is -0.368. The fourth-order valence-electron chi connectivity index (χ4n) is 3.41. The van der Waals surface area contributed by atoms with Crippen molar-refractivity contribution >= 4 is 29.1 Å². The number of piperazine rings is 1. The van der Waals surface area contributed by atoms with Crippen molar-refractivity contribution in [1.82, 2.24) is 14.8 Å². The smallest absolute Gasteiger partial charge is 0.262 e. The summed E-state index contributed by atoms with van der Waals surface area (Å²) in [5, 5.41) is 5.44. The summed E-state index contributed by atoms with van der Waals surface area (Å²) in [5.41, 5.74) is 2.08. The summed E-state index contributed by atoms with van der Waals surface area (Å²) in [6.07, 6.45) is 1.68. The molecule has 0 aliphatic carbocycles. The molecule has 2 aliphatic heterocycles. The first-order valence-electron chi connectivity index (χ1n) is 9.77. The van der Waals surface area contributed by atoms with E-state index >= 15 is 0 Å². The number of hydrogen-bond acceptors (Lipinski definition) is 6. The fourth-order valence-corrected chi connectivity index (χ4v) is 3.41. The van der Waals surface area contributed by atoms with Crippen LogP contribution in [0.25, 0.3) is 0 Å². The summed E-state index contributed by atoms with van der Waals surface area (Å²) >= 11 is 0. The van der Waals surface area contributed by atoms with Gasteiger partial charge in [0.15, 0.2) is 6.61 Å². The molecule has 0 spiro atoms. The molecule has 0 saturated carbocycles. The molecule has 4 rings (SSSR count). The van der Waals surface area contributed by atoms with Crippen molar-refractivity contribution < 1.29 is 19.1 Å². The van der Waals surface area contributed by atoms with Crippen LogP contribution < -0.4 is 15.4 Å². The molecule has 1 aromatic carbocycles. The van der Waals surface area contributed by atoms with E-state index < -0.39 is 0 Å². The number of benzene rings is 1. The molecule has 1 aromatic heterocycles. The van der Waals surface area contributed by atoms with E-state index in [2.05, 4.69) is 20.5 Å². The van der Waals surface area contributed by atoms with Crippen molar-refractivity contribution in [2.45, 2.75) is 6.42 Å². The third-order valence-corrected chi connectivity index (χ3v) is 5.12. The zero-order valence-corrected chi connectivity index (χ0v) is 16.7. The first kappa shape index (κ1) is 19.8. The molecule has 2 aliphatic rings. The molecule has 2 N–H and O–H groups in total. The molecule has 0 bridgehead atoms. The van der Waals surface area contributed by atoms with E-state index in [9.17, 15) is 14.4 Å². The molecule has 30 heavy (non-hydrogen) atoms. The molecule has 3 heterocycles. The largest absolute Gasteiger partial charge is 0.466 e. The van der Waals surface area contributed by atoms with E-state index in [-0.39, 0.29) is 36.6 Å². The Labute approximate surface area is 174 Å². The van der Waals surface area contributed by atoms with Gasteiger partial charge >= 0.3 is 0 Å². The fraction of sp³-hybridized carbons (Fsp3) is 0.333. The monoisotopic (exact) mass is 409 g/mol. The summed E-state index contributed by atoms with van der Waals surface area (Å²) in [6.45, 7) is 3.13. The highest BCUT2D eigenvalue weighted by atomic mass is 16.5. The van der Waals surface area contributed by atoms with E-state index in [0.29, 0.717) is 16.9 Å². The molecular weight excluding hydrogens is 386 g/mol. The van der Waals surface area contributed by atoms with E-state index in [1.165, 1.54) is 12.3 Å². The lowest BCUT2D eigenvalue weighted by molar-refractivity contribution is -0.132. The zero-order chi connectivity index (χ0) is 21.1. The maximum absolute atomic E-state index is 12.6. The summed E-state index contributed by atoms with van der Waals surface area (Å²) in [5.74, 6) is -0.288. The molecule has 156 valence electrons. The van der Waals surface area contributed by atoms with Crippen molar-refractivity contribution in [3.05, 3.63) is 47.7 Å². The van der Waals surface area contributed by atoms with Crippen LogP contribution in [0.15, 0.2) is 36.5 Å². The number of rotatable bonds is 4. The number of ether oxygens (including phenoxy) is 1. The highest BCUT2D eigenvalue weighted by Crippen LogP contribution is 2.26. The molecule has 9 nitrogen and oxygen atoms in total. The van der Waals surface area contributed by atoms with Crippen LogP contribution in [-0.4, -0.2) is 72.3 Å². The Morgan fingerprint density at radius 2 is 2.00 bits per heavy atom. The number of nitrogens with zero attached hydrogens (tertiary/aromatic N) is 3. The van der Waals surface area contributed by atoms with Crippen LogP contribution in [0.5, 0.6) is 5.88 Å². The Kier molecular flexibility index (Phi) is 5.62. The van der Waals surface area contributed by atoms with E-state index in [1.54, 1.807) is 18.2 Å². The summed E-state index contributed by atoms with van der Waals surface area (Å²) in [6, 6.07) is 8.76. The summed E-state index contributed by atoms with van der Waals surface area (Å²) in [7, 11) is 2.05. The third-order valence-electron chi connectivity index (χ3n) is 5.12. The van der Waals surface area contributed by atoms with Gasteiger partial charge in [-0.15, -0.1) is 0 Å². The average molecular weight is 409 g/mol. The van der Waals surface area contributed by atoms with Crippen LogP contribution in [0.1, 0.15) is 15.9 Å².